The van der Waals surface area contributed by atoms with Crippen LogP contribution in [0.15, 0.2) is 0 Å². The molecular formula is C26H46Cl4N8. The van der Waals surface area contributed by atoms with Gasteiger partial charge in [0.05, 0.1) is 31.5 Å². The summed E-state index contributed by atoms with van der Waals surface area (Å²) in [6.07, 6.45) is 4.12. The van der Waals surface area contributed by atoms with Gasteiger partial charge in [-0.3, -0.25) is 0 Å². The number of nitrogens with one attached hydrogen (secondary N) is 6. The Morgan fingerprint density at radius 3 is 1.08 bits per heavy atom. The predicted molar refractivity (Wildman–Crippen MR) is 167 cm³/mol. The van der Waals surface area contributed by atoms with Crippen molar-refractivity contribution in [1.82, 2.24) is 31.9 Å². The molecule has 0 spiro atoms. The van der Waals surface area contributed by atoms with E-state index < -0.39 is 0 Å². The number of nitrogens with zero attached hydrogens (tertiary/aromatic N) is 2. The second-order valence-corrected chi connectivity index (χ2v) is 11.4. The molecular weight excluding hydrogens is 566 g/mol. The minimum Gasteiger partial charge on any atom is -0.368 e. The molecule has 2 heterocycles. The van der Waals surface area contributed by atoms with E-state index in [9.17, 15) is 0 Å². The van der Waals surface area contributed by atoms with Crippen molar-refractivity contribution in [3.8, 4) is 0 Å². The second-order valence-electron chi connectivity index (χ2n) is 9.84. The van der Waals surface area contributed by atoms with Gasteiger partial charge in [-0.15, -0.1) is 0 Å². The predicted octanol–water partition coefficient (Wildman–Crippen LogP) is 3.04. The van der Waals surface area contributed by atoms with Crippen molar-refractivity contribution in [2.45, 2.75) is 25.7 Å². The molecule has 0 aliphatic carbocycles. The number of hydrogen-bond donors (Lipinski definition) is 6. The molecule has 0 unspecified atom stereocenters. The van der Waals surface area contributed by atoms with Crippen LogP contribution in [0.5, 0.6) is 0 Å². The van der Waals surface area contributed by atoms with E-state index in [1.807, 2.05) is 0 Å². The van der Waals surface area contributed by atoms with E-state index in [1.165, 1.54) is 0 Å². The maximum Gasteiger partial charge on any atom is 0.0904 e. The van der Waals surface area contributed by atoms with Gasteiger partial charge < -0.3 is 41.7 Å². The van der Waals surface area contributed by atoms with Gasteiger partial charge in [0.15, 0.2) is 0 Å². The summed E-state index contributed by atoms with van der Waals surface area (Å²) in [5.74, 6) is 0. The number of rotatable bonds is 2. The average Bonchev–Trinajstić information content (AvgIpc) is 2.91. The molecule has 0 radical (unpaired) electrons. The highest BCUT2D eigenvalue weighted by atomic mass is 35.5. The highest BCUT2D eigenvalue weighted by molar-refractivity contribution is 6.53. The van der Waals surface area contributed by atoms with Crippen molar-refractivity contribution in [2.24, 2.45) is 0 Å². The van der Waals surface area contributed by atoms with Gasteiger partial charge in [-0.25, -0.2) is 0 Å². The minimum absolute atomic E-state index is 0.371. The van der Waals surface area contributed by atoms with Gasteiger partial charge in [0.2, 0.25) is 0 Å². The largest absolute Gasteiger partial charge is 0.368 e. The third-order valence-corrected chi connectivity index (χ3v) is 8.57. The summed E-state index contributed by atoms with van der Waals surface area (Å²) in [7, 11) is 0. The molecule has 3 rings (SSSR count). The Hall–Kier alpha value is -0.260. The SMILES string of the molecule is Clc1c(Cl)c(N2CCCNCCNCCCNCC2)c(Cl)c(N2CCCNCCNCCCNCC2)c1Cl. The second kappa shape index (κ2) is 19.0. The van der Waals surface area contributed by atoms with Gasteiger partial charge in [0.25, 0.3) is 0 Å². The molecule has 2 aliphatic rings. The molecule has 12 heteroatoms. The molecule has 0 saturated carbocycles. The third kappa shape index (κ3) is 10.6. The van der Waals surface area contributed by atoms with Gasteiger partial charge in [0, 0.05) is 65.4 Å². The lowest BCUT2D eigenvalue weighted by Gasteiger charge is -2.33. The first kappa shape index (κ1) is 32.3. The van der Waals surface area contributed by atoms with Gasteiger partial charge >= 0.3 is 0 Å². The number of hydrogen-bond acceptors (Lipinski definition) is 8. The van der Waals surface area contributed by atoms with E-state index in [0.717, 1.165) is 142 Å². The van der Waals surface area contributed by atoms with E-state index >= 15 is 0 Å². The van der Waals surface area contributed by atoms with Crippen molar-refractivity contribution in [3.05, 3.63) is 20.1 Å². The molecule has 6 N–H and O–H groups in total. The zero-order valence-corrected chi connectivity index (χ0v) is 25.6. The molecule has 1 aromatic rings. The van der Waals surface area contributed by atoms with Gasteiger partial charge in [-0.1, -0.05) is 46.4 Å². The Bertz CT molecular complexity index is 727. The Balaban J connectivity index is 1.84. The number of anilines is 2. The first-order valence-corrected chi connectivity index (χ1v) is 15.7. The van der Waals surface area contributed by atoms with Crippen LogP contribution in [0, 0.1) is 0 Å². The Labute approximate surface area is 249 Å². The molecule has 0 atom stereocenters. The fraction of sp³-hybridized carbons (Fsp3) is 0.769. The smallest absolute Gasteiger partial charge is 0.0904 e. The van der Waals surface area contributed by atoms with Gasteiger partial charge in [-0.05, 0) is 65.0 Å². The van der Waals surface area contributed by atoms with Gasteiger partial charge in [0.1, 0.15) is 0 Å². The topological polar surface area (TPSA) is 78.7 Å². The third-order valence-electron chi connectivity index (χ3n) is 6.90. The summed E-state index contributed by atoms with van der Waals surface area (Å²) < 4.78 is 0. The normalized spacial score (nSPS) is 21.5. The first-order chi connectivity index (χ1) is 18.6. The van der Waals surface area contributed by atoms with Crippen molar-refractivity contribution in [1.29, 1.82) is 0 Å². The molecule has 8 nitrogen and oxygen atoms in total. The van der Waals surface area contributed by atoms with E-state index in [2.05, 4.69) is 41.7 Å². The molecule has 0 amide bonds. The molecule has 0 aromatic heterocycles. The Morgan fingerprint density at radius 2 is 0.684 bits per heavy atom. The summed E-state index contributed by atoms with van der Waals surface area (Å²) in [5.41, 5.74) is 1.56. The summed E-state index contributed by atoms with van der Waals surface area (Å²) in [5, 5.41) is 22.9. The van der Waals surface area contributed by atoms with Crippen LogP contribution in [0.2, 0.25) is 20.1 Å². The van der Waals surface area contributed by atoms with Crippen LogP contribution in [-0.2, 0) is 0 Å². The Kier molecular flexibility index (Phi) is 16.1. The lowest BCUT2D eigenvalue weighted by Crippen LogP contribution is -2.38. The standard InChI is InChI=1S/C26H46Cl4N8/c27-21-22(28)25(37-17-3-9-33-13-11-31-5-1-7-35-15-19-37)24(30)26(23(21)29)38-18-4-10-34-14-12-32-6-2-8-36-16-20-38/h31-36H,1-20H2. The van der Waals surface area contributed by atoms with Crippen molar-refractivity contribution in [3.63, 3.8) is 0 Å². The maximum atomic E-state index is 7.20. The molecule has 2 fully saturated rings. The van der Waals surface area contributed by atoms with Crippen LogP contribution < -0.4 is 41.7 Å². The van der Waals surface area contributed by atoms with E-state index in [0.29, 0.717) is 20.1 Å². The van der Waals surface area contributed by atoms with E-state index in [-0.39, 0.29) is 0 Å². The van der Waals surface area contributed by atoms with Crippen LogP contribution >= 0.6 is 46.4 Å². The first-order valence-electron chi connectivity index (χ1n) is 14.2. The van der Waals surface area contributed by atoms with E-state index in [4.69, 9.17) is 46.4 Å². The van der Waals surface area contributed by atoms with Crippen LogP contribution in [0.1, 0.15) is 25.7 Å². The summed E-state index contributed by atoms with van der Waals surface area (Å²) >= 11 is 27.7. The fourth-order valence-corrected chi connectivity index (χ4v) is 6.20. The number of halogens is 4. The zero-order chi connectivity index (χ0) is 27.0. The molecule has 38 heavy (non-hydrogen) atoms. The molecule has 1 aromatic carbocycles. The average molecular weight is 613 g/mol. The van der Waals surface area contributed by atoms with Crippen LogP contribution in [0.4, 0.5) is 11.4 Å². The number of benzene rings is 1. The van der Waals surface area contributed by atoms with Crippen LogP contribution in [0.3, 0.4) is 0 Å². The summed E-state index contributed by atoms with van der Waals surface area (Å²) in [4.78, 5) is 4.54. The van der Waals surface area contributed by atoms with Crippen molar-refractivity contribution in [2.75, 3.05) is 115 Å². The summed E-state index contributed by atoms with van der Waals surface area (Å²) in [6, 6.07) is 0. The highest BCUT2D eigenvalue weighted by Gasteiger charge is 2.27. The Morgan fingerprint density at radius 1 is 0.342 bits per heavy atom. The van der Waals surface area contributed by atoms with Crippen molar-refractivity contribution >= 4 is 57.8 Å². The van der Waals surface area contributed by atoms with Crippen molar-refractivity contribution < 1.29 is 0 Å². The molecule has 2 saturated heterocycles. The molecule has 0 bridgehead atoms. The van der Waals surface area contributed by atoms with Crippen LogP contribution in [-0.4, -0.2) is 105 Å². The van der Waals surface area contributed by atoms with Gasteiger partial charge in [-0.2, -0.15) is 0 Å². The lowest BCUT2D eigenvalue weighted by molar-refractivity contribution is 0.548. The van der Waals surface area contributed by atoms with Crippen LogP contribution in [0.25, 0.3) is 0 Å². The molecule has 218 valence electrons. The monoisotopic (exact) mass is 610 g/mol. The maximum absolute atomic E-state index is 7.20. The van der Waals surface area contributed by atoms with E-state index in [1.54, 1.807) is 0 Å². The quantitative estimate of drug-likeness (QED) is 0.225. The fourth-order valence-electron chi connectivity index (χ4n) is 4.83. The lowest BCUT2D eigenvalue weighted by atomic mass is 10.2. The summed E-state index contributed by atoms with van der Waals surface area (Å²) in [6.45, 7) is 14.6. The zero-order valence-electron chi connectivity index (χ0n) is 22.5. The molecule has 2 aliphatic heterocycles. The minimum atomic E-state index is 0.371. The highest BCUT2D eigenvalue weighted by Crippen LogP contribution is 2.50.